The van der Waals surface area contributed by atoms with Crippen molar-refractivity contribution >= 4 is 17.5 Å². The molecule has 0 radical (unpaired) electrons. The minimum atomic E-state index is -0.489. The van der Waals surface area contributed by atoms with E-state index in [1.807, 2.05) is 16.7 Å². The molecule has 3 aromatic rings. The summed E-state index contributed by atoms with van der Waals surface area (Å²) in [5.41, 5.74) is 7.17. The number of halogens is 1. The van der Waals surface area contributed by atoms with E-state index >= 15 is 4.39 Å². The van der Waals surface area contributed by atoms with Crippen molar-refractivity contribution < 1.29 is 13.7 Å². The van der Waals surface area contributed by atoms with Gasteiger partial charge in [0.1, 0.15) is 6.33 Å². The van der Waals surface area contributed by atoms with Gasteiger partial charge in [0, 0.05) is 19.1 Å². The van der Waals surface area contributed by atoms with Crippen LogP contribution in [0.4, 0.5) is 16.0 Å². The fourth-order valence-electron chi connectivity index (χ4n) is 4.83. The summed E-state index contributed by atoms with van der Waals surface area (Å²) >= 11 is 0. The number of primary amides is 1. The fourth-order valence-corrected chi connectivity index (χ4v) is 4.83. The van der Waals surface area contributed by atoms with Crippen LogP contribution in [0, 0.1) is 12.7 Å². The highest BCUT2D eigenvalue weighted by Crippen LogP contribution is 2.36. The van der Waals surface area contributed by atoms with Gasteiger partial charge in [-0.05, 0) is 51.3 Å². The van der Waals surface area contributed by atoms with Gasteiger partial charge >= 0.3 is 0 Å². The van der Waals surface area contributed by atoms with E-state index in [1.54, 1.807) is 0 Å². The molecule has 1 saturated carbocycles. The Morgan fingerprint density at radius 3 is 2.61 bits per heavy atom. The zero-order valence-corrected chi connectivity index (χ0v) is 20.4. The van der Waals surface area contributed by atoms with Crippen LogP contribution in [-0.2, 0) is 16.8 Å². The smallest absolute Gasteiger partial charge is 0.231 e. The van der Waals surface area contributed by atoms with Crippen LogP contribution in [-0.4, -0.2) is 63.1 Å². The Kier molecular flexibility index (Phi) is 6.82. The normalized spacial score (nSPS) is 17.6. The second kappa shape index (κ2) is 10.2. The first kappa shape index (κ1) is 24.1. The third-order valence-electron chi connectivity index (χ3n) is 7.13. The molecule has 5 rings (SSSR count). The Morgan fingerprint density at radius 2 is 1.97 bits per heavy atom. The summed E-state index contributed by atoms with van der Waals surface area (Å²) in [4.78, 5) is 28.2. The molecule has 3 heterocycles. The number of hydrogen-bond donors (Lipinski definition) is 2. The van der Waals surface area contributed by atoms with Gasteiger partial charge in [-0.25, -0.2) is 9.97 Å². The predicted octanol–water partition coefficient (Wildman–Crippen LogP) is 2.41. The van der Waals surface area contributed by atoms with Crippen molar-refractivity contribution in [3.8, 4) is 0 Å². The maximum Gasteiger partial charge on any atom is 0.231 e. The van der Waals surface area contributed by atoms with E-state index in [1.165, 1.54) is 18.3 Å². The number of carbonyl (C=O) groups is 1. The van der Waals surface area contributed by atoms with Gasteiger partial charge in [-0.2, -0.15) is 9.37 Å². The Bertz CT molecular complexity index is 1180. The molecule has 3 N–H and O–H groups in total. The summed E-state index contributed by atoms with van der Waals surface area (Å²) in [6.07, 6.45) is 6.06. The van der Waals surface area contributed by atoms with Crippen molar-refractivity contribution in [3.05, 3.63) is 59.8 Å². The first-order valence-electron chi connectivity index (χ1n) is 12.3. The fraction of sp³-hybridized carbons (Fsp3) is 0.480. The maximum atomic E-state index is 15.8. The van der Waals surface area contributed by atoms with E-state index in [0.29, 0.717) is 50.7 Å². The van der Waals surface area contributed by atoms with Gasteiger partial charge in [-0.15, -0.1) is 0 Å². The molecule has 0 spiro atoms. The average Bonchev–Trinajstić information content (AvgIpc) is 3.56. The van der Waals surface area contributed by atoms with Gasteiger partial charge in [-0.1, -0.05) is 35.0 Å². The standard InChI is InChI=1S/C25H31FN8O2/c1-17-2-4-18(5-3-17)12-34(19-6-7-19)23-21(26)22(29-15-30-23)28-14-25(24-31-16-36-32-24)8-10-33(11-9-25)13-20(27)35/h2-5,15-16,19H,6-14H2,1H3,(H2,27,35)(H,28,29,30). The number of hydrogen-bond acceptors (Lipinski definition) is 9. The zero-order chi connectivity index (χ0) is 25.1. The lowest BCUT2D eigenvalue weighted by atomic mass is 9.77. The Labute approximate surface area is 209 Å². The number of nitrogens with two attached hydrogens (primary N) is 1. The lowest BCUT2D eigenvalue weighted by Gasteiger charge is -2.39. The van der Waals surface area contributed by atoms with Crippen molar-refractivity contribution in [2.45, 2.75) is 50.6 Å². The van der Waals surface area contributed by atoms with Gasteiger partial charge in [0.2, 0.25) is 18.1 Å². The van der Waals surface area contributed by atoms with Crippen molar-refractivity contribution in [3.63, 3.8) is 0 Å². The quantitative estimate of drug-likeness (QED) is 0.437. The van der Waals surface area contributed by atoms with Crippen molar-refractivity contribution in [1.82, 2.24) is 25.0 Å². The van der Waals surface area contributed by atoms with Gasteiger partial charge in [-0.3, -0.25) is 9.69 Å². The number of nitrogens with one attached hydrogen (secondary N) is 1. The van der Waals surface area contributed by atoms with Crippen LogP contribution in [0.15, 0.2) is 41.5 Å². The van der Waals surface area contributed by atoms with Crippen molar-refractivity contribution in [2.75, 3.05) is 36.4 Å². The second-order valence-electron chi connectivity index (χ2n) is 9.84. The summed E-state index contributed by atoms with van der Waals surface area (Å²) in [5.74, 6) is 0.187. The number of rotatable bonds is 10. The van der Waals surface area contributed by atoms with E-state index in [9.17, 15) is 4.79 Å². The van der Waals surface area contributed by atoms with Gasteiger partial charge in [0.05, 0.1) is 12.0 Å². The summed E-state index contributed by atoms with van der Waals surface area (Å²) in [5, 5.41) is 7.30. The minimum absolute atomic E-state index is 0.150. The summed E-state index contributed by atoms with van der Waals surface area (Å²) in [6.45, 7) is 4.49. The summed E-state index contributed by atoms with van der Waals surface area (Å²) in [7, 11) is 0. The molecule has 0 bridgehead atoms. The molecule has 1 amide bonds. The van der Waals surface area contributed by atoms with Crippen molar-refractivity contribution in [1.29, 1.82) is 0 Å². The van der Waals surface area contributed by atoms with Crippen molar-refractivity contribution in [2.24, 2.45) is 5.73 Å². The van der Waals surface area contributed by atoms with E-state index < -0.39 is 11.2 Å². The third-order valence-corrected chi connectivity index (χ3v) is 7.13. The number of amides is 1. The van der Waals surface area contributed by atoms with Crippen LogP contribution in [0.25, 0.3) is 0 Å². The van der Waals surface area contributed by atoms with Gasteiger partial charge < -0.3 is 20.5 Å². The zero-order valence-electron chi connectivity index (χ0n) is 20.4. The van der Waals surface area contributed by atoms with Gasteiger partial charge in [0.25, 0.3) is 0 Å². The summed E-state index contributed by atoms with van der Waals surface area (Å²) < 4.78 is 20.8. The minimum Gasteiger partial charge on any atom is -0.369 e. The molecule has 2 aromatic heterocycles. The van der Waals surface area contributed by atoms with Crippen LogP contribution in [0.3, 0.4) is 0 Å². The Balaban J connectivity index is 1.34. The largest absolute Gasteiger partial charge is 0.369 e. The van der Waals surface area contributed by atoms with E-state index in [0.717, 1.165) is 18.4 Å². The molecule has 2 fully saturated rings. The number of benzene rings is 1. The molecule has 36 heavy (non-hydrogen) atoms. The highest BCUT2D eigenvalue weighted by molar-refractivity contribution is 5.75. The Morgan fingerprint density at radius 1 is 1.22 bits per heavy atom. The monoisotopic (exact) mass is 494 g/mol. The third kappa shape index (κ3) is 5.30. The lowest BCUT2D eigenvalue weighted by molar-refractivity contribution is -0.119. The molecular formula is C25H31FN8O2. The highest BCUT2D eigenvalue weighted by Gasteiger charge is 2.40. The van der Waals surface area contributed by atoms with E-state index in [2.05, 4.69) is 49.7 Å². The van der Waals surface area contributed by atoms with Crippen LogP contribution >= 0.6 is 0 Å². The predicted molar refractivity (Wildman–Crippen MR) is 132 cm³/mol. The number of aryl methyl sites for hydroxylation is 1. The molecule has 10 nitrogen and oxygen atoms in total. The molecule has 1 aromatic carbocycles. The average molecular weight is 495 g/mol. The molecule has 1 saturated heterocycles. The first-order valence-corrected chi connectivity index (χ1v) is 12.3. The Hall–Kier alpha value is -3.60. The molecule has 11 heteroatoms. The maximum absolute atomic E-state index is 15.8. The van der Waals surface area contributed by atoms with E-state index in [-0.39, 0.29) is 24.3 Å². The second-order valence-corrected chi connectivity index (χ2v) is 9.84. The number of piperidine rings is 1. The number of carbonyl (C=O) groups excluding carboxylic acids is 1. The van der Waals surface area contributed by atoms with Crippen LogP contribution in [0.1, 0.15) is 42.6 Å². The highest BCUT2D eigenvalue weighted by atomic mass is 19.1. The first-order chi connectivity index (χ1) is 17.4. The number of nitrogens with zero attached hydrogens (tertiary/aromatic N) is 6. The van der Waals surface area contributed by atoms with Crippen LogP contribution in [0.5, 0.6) is 0 Å². The lowest BCUT2D eigenvalue weighted by Crippen LogP contribution is -2.49. The summed E-state index contributed by atoms with van der Waals surface area (Å²) in [6, 6.07) is 8.54. The van der Waals surface area contributed by atoms with Crippen LogP contribution < -0.4 is 16.0 Å². The molecule has 1 aliphatic heterocycles. The van der Waals surface area contributed by atoms with Crippen LogP contribution in [0.2, 0.25) is 0 Å². The topological polar surface area (TPSA) is 126 Å². The number of anilines is 2. The molecule has 0 atom stereocenters. The molecule has 2 aliphatic rings. The van der Waals surface area contributed by atoms with Gasteiger partial charge in [0.15, 0.2) is 17.5 Å². The van der Waals surface area contributed by atoms with E-state index in [4.69, 9.17) is 10.3 Å². The molecule has 190 valence electrons. The molecule has 1 aliphatic carbocycles. The SMILES string of the molecule is Cc1ccc(CN(c2ncnc(NCC3(c4ncon4)CCN(CC(N)=O)CC3)c2F)C2CC2)cc1. The number of aromatic nitrogens is 4. The molecule has 0 unspecified atom stereocenters. The molecular weight excluding hydrogens is 463 g/mol. The number of likely N-dealkylation sites (tertiary alicyclic amines) is 1.